The molecule has 0 heterocycles. The van der Waals surface area contributed by atoms with Gasteiger partial charge >= 0.3 is 0 Å². The minimum absolute atomic E-state index is 0.434. The number of aliphatic hydroxyl groups excluding tert-OH is 1. The van der Waals surface area contributed by atoms with Crippen LogP contribution in [-0.2, 0) is 0 Å². The van der Waals surface area contributed by atoms with Crippen LogP contribution in [0.15, 0.2) is 28.7 Å². The zero-order valence-electron chi connectivity index (χ0n) is 9.91. The number of halogens is 1. The summed E-state index contributed by atoms with van der Waals surface area (Å²) in [6, 6.07) is 8.27. The second-order valence-corrected chi connectivity index (χ2v) is 5.08. The molecule has 2 atom stereocenters. The maximum atomic E-state index is 9.98. The first-order valence-corrected chi connectivity index (χ1v) is 6.59. The van der Waals surface area contributed by atoms with E-state index in [2.05, 4.69) is 35.1 Å². The monoisotopic (exact) mass is 285 g/mol. The molecule has 2 unspecified atom stereocenters. The highest BCUT2D eigenvalue weighted by atomic mass is 79.9. The van der Waals surface area contributed by atoms with Crippen LogP contribution in [0.2, 0.25) is 0 Å². The molecule has 0 fully saturated rings. The van der Waals surface area contributed by atoms with Crippen LogP contribution in [-0.4, -0.2) is 17.7 Å². The van der Waals surface area contributed by atoms with Crippen molar-refractivity contribution in [2.24, 2.45) is 0 Å². The molecule has 0 aromatic heterocycles. The fourth-order valence-electron chi connectivity index (χ4n) is 1.68. The summed E-state index contributed by atoms with van der Waals surface area (Å²) < 4.78 is 1.01. The molecule has 0 bridgehead atoms. The van der Waals surface area contributed by atoms with Crippen molar-refractivity contribution in [2.75, 3.05) is 6.54 Å². The summed E-state index contributed by atoms with van der Waals surface area (Å²) in [5.41, 5.74) is 0.950. The van der Waals surface area contributed by atoms with Crippen LogP contribution < -0.4 is 5.32 Å². The molecule has 0 radical (unpaired) electrons. The zero-order valence-corrected chi connectivity index (χ0v) is 11.5. The lowest BCUT2D eigenvalue weighted by Gasteiger charge is -2.17. The van der Waals surface area contributed by atoms with Crippen LogP contribution in [0.1, 0.15) is 38.4 Å². The molecule has 3 heteroatoms. The molecule has 2 nitrogen and oxygen atoms in total. The summed E-state index contributed by atoms with van der Waals surface area (Å²) in [5, 5.41) is 13.3. The molecule has 0 saturated carbocycles. The van der Waals surface area contributed by atoms with E-state index < -0.39 is 6.10 Å². The quantitative estimate of drug-likeness (QED) is 0.841. The second-order valence-electron chi connectivity index (χ2n) is 4.17. The highest BCUT2D eigenvalue weighted by molar-refractivity contribution is 9.10. The summed E-state index contributed by atoms with van der Waals surface area (Å²) >= 11 is 3.40. The number of hydrogen-bond acceptors (Lipinski definition) is 2. The molecule has 1 aromatic rings. The summed E-state index contributed by atoms with van der Waals surface area (Å²) in [7, 11) is 0. The fourth-order valence-corrected chi connectivity index (χ4v) is 2.10. The normalized spacial score (nSPS) is 14.8. The average molecular weight is 286 g/mol. The lowest BCUT2D eigenvalue weighted by molar-refractivity contribution is 0.170. The van der Waals surface area contributed by atoms with Crippen molar-refractivity contribution in [1.29, 1.82) is 0 Å². The van der Waals surface area contributed by atoms with Gasteiger partial charge in [0.25, 0.3) is 0 Å². The average Bonchev–Trinajstić information content (AvgIpc) is 2.26. The Morgan fingerprint density at radius 2 is 2.19 bits per heavy atom. The van der Waals surface area contributed by atoms with E-state index in [1.807, 2.05) is 24.3 Å². The van der Waals surface area contributed by atoms with Crippen molar-refractivity contribution >= 4 is 15.9 Å². The molecular weight excluding hydrogens is 266 g/mol. The second kappa shape index (κ2) is 7.05. The topological polar surface area (TPSA) is 32.3 Å². The fraction of sp³-hybridized carbons (Fsp3) is 0.538. The predicted octanol–water partition coefficient (Wildman–Crippen LogP) is 3.26. The Kier molecular flexibility index (Phi) is 6.03. The Morgan fingerprint density at radius 3 is 2.81 bits per heavy atom. The molecule has 0 aliphatic carbocycles. The van der Waals surface area contributed by atoms with Gasteiger partial charge in [0.05, 0.1) is 6.10 Å². The van der Waals surface area contributed by atoms with Crippen LogP contribution in [0.5, 0.6) is 0 Å². The van der Waals surface area contributed by atoms with E-state index >= 15 is 0 Å². The maximum absolute atomic E-state index is 9.98. The van der Waals surface area contributed by atoms with Crippen LogP contribution in [0.4, 0.5) is 0 Å². The smallest absolute Gasteiger partial charge is 0.0914 e. The number of benzene rings is 1. The van der Waals surface area contributed by atoms with Crippen molar-refractivity contribution in [2.45, 2.75) is 38.8 Å². The SMILES string of the molecule is CCCC(C)NCC(O)c1cccc(Br)c1. The molecule has 0 spiro atoms. The van der Waals surface area contributed by atoms with E-state index in [0.717, 1.165) is 16.5 Å². The summed E-state index contributed by atoms with van der Waals surface area (Å²) in [6.07, 6.45) is 1.88. The first-order chi connectivity index (χ1) is 7.63. The first kappa shape index (κ1) is 13.7. The van der Waals surface area contributed by atoms with Crippen molar-refractivity contribution in [1.82, 2.24) is 5.32 Å². The van der Waals surface area contributed by atoms with Gasteiger partial charge in [-0.3, -0.25) is 0 Å². The van der Waals surface area contributed by atoms with E-state index in [9.17, 15) is 5.11 Å². The Bertz CT molecular complexity index is 317. The van der Waals surface area contributed by atoms with E-state index in [0.29, 0.717) is 12.6 Å². The summed E-state index contributed by atoms with van der Waals surface area (Å²) in [4.78, 5) is 0. The Hall–Kier alpha value is -0.380. The molecule has 1 rings (SSSR count). The minimum atomic E-state index is -0.434. The highest BCUT2D eigenvalue weighted by Crippen LogP contribution is 2.17. The number of nitrogens with one attached hydrogen (secondary N) is 1. The molecule has 0 amide bonds. The summed E-state index contributed by atoms with van der Waals surface area (Å²) in [5.74, 6) is 0. The molecule has 16 heavy (non-hydrogen) atoms. The standard InChI is InChI=1S/C13H20BrNO/c1-3-5-10(2)15-9-13(16)11-6-4-7-12(14)8-11/h4,6-8,10,13,15-16H,3,5,9H2,1-2H3. The van der Waals surface area contributed by atoms with Gasteiger partial charge < -0.3 is 10.4 Å². The number of hydrogen-bond donors (Lipinski definition) is 2. The van der Waals surface area contributed by atoms with Crippen LogP contribution in [0.25, 0.3) is 0 Å². The van der Waals surface area contributed by atoms with Gasteiger partial charge in [-0.1, -0.05) is 41.4 Å². The highest BCUT2D eigenvalue weighted by Gasteiger charge is 2.09. The van der Waals surface area contributed by atoms with Crippen molar-refractivity contribution in [3.8, 4) is 0 Å². The largest absolute Gasteiger partial charge is 0.387 e. The Morgan fingerprint density at radius 1 is 1.44 bits per heavy atom. The molecular formula is C13H20BrNO. The zero-order chi connectivity index (χ0) is 12.0. The van der Waals surface area contributed by atoms with Gasteiger partial charge in [-0.2, -0.15) is 0 Å². The Balaban J connectivity index is 2.43. The van der Waals surface area contributed by atoms with Gasteiger partial charge in [-0.15, -0.1) is 0 Å². The van der Waals surface area contributed by atoms with Gasteiger partial charge in [-0.25, -0.2) is 0 Å². The minimum Gasteiger partial charge on any atom is -0.387 e. The van der Waals surface area contributed by atoms with Crippen molar-refractivity contribution < 1.29 is 5.11 Å². The number of rotatable bonds is 6. The van der Waals surface area contributed by atoms with E-state index in [4.69, 9.17) is 0 Å². The predicted molar refractivity (Wildman–Crippen MR) is 71.5 cm³/mol. The van der Waals surface area contributed by atoms with E-state index in [1.165, 1.54) is 6.42 Å². The van der Waals surface area contributed by atoms with Crippen LogP contribution in [0, 0.1) is 0 Å². The molecule has 0 saturated heterocycles. The lowest BCUT2D eigenvalue weighted by Crippen LogP contribution is -2.30. The third-order valence-electron chi connectivity index (χ3n) is 2.61. The number of aliphatic hydroxyl groups is 1. The molecule has 0 aliphatic heterocycles. The van der Waals surface area contributed by atoms with E-state index in [1.54, 1.807) is 0 Å². The molecule has 90 valence electrons. The van der Waals surface area contributed by atoms with Crippen LogP contribution in [0.3, 0.4) is 0 Å². The van der Waals surface area contributed by atoms with Gasteiger partial charge in [0, 0.05) is 17.1 Å². The van der Waals surface area contributed by atoms with Gasteiger partial charge in [0.15, 0.2) is 0 Å². The van der Waals surface area contributed by atoms with Gasteiger partial charge in [-0.05, 0) is 31.0 Å². The Labute approximate surface area is 106 Å². The molecule has 1 aromatic carbocycles. The third kappa shape index (κ3) is 4.64. The summed E-state index contributed by atoms with van der Waals surface area (Å²) in [6.45, 7) is 4.93. The van der Waals surface area contributed by atoms with Gasteiger partial charge in [0.1, 0.15) is 0 Å². The maximum Gasteiger partial charge on any atom is 0.0914 e. The van der Waals surface area contributed by atoms with Gasteiger partial charge in [0.2, 0.25) is 0 Å². The third-order valence-corrected chi connectivity index (χ3v) is 3.11. The first-order valence-electron chi connectivity index (χ1n) is 5.80. The van der Waals surface area contributed by atoms with Crippen molar-refractivity contribution in [3.05, 3.63) is 34.3 Å². The van der Waals surface area contributed by atoms with Crippen molar-refractivity contribution in [3.63, 3.8) is 0 Å². The van der Waals surface area contributed by atoms with E-state index in [-0.39, 0.29) is 0 Å². The molecule has 0 aliphatic rings. The lowest BCUT2D eigenvalue weighted by atomic mass is 10.1. The molecule has 2 N–H and O–H groups in total. The van der Waals surface area contributed by atoms with Crippen LogP contribution >= 0.6 is 15.9 Å².